The summed E-state index contributed by atoms with van der Waals surface area (Å²) in [4.78, 5) is 25.2. The minimum absolute atomic E-state index is 0.302. The third kappa shape index (κ3) is 4.41. The summed E-state index contributed by atoms with van der Waals surface area (Å²) in [6.07, 6.45) is -1.24. The molecule has 0 saturated heterocycles. The number of nitrogens with one attached hydrogen (secondary N) is 2. The molecule has 0 aliphatic heterocycles. The van der Waals surface area contributed by atoms with Gasteiger partial charge in [0.25, 0.3) is 0 Å². The number of carboxylic acid groups (broad SMARTS) is 1. The Kier molecular flexibility index (Phi) is 4.04. The molecular weight excluding hydrogens is 266 g/mol. The van der Waals surface area contributed by atoms with E-state index in [1.54, 1.807) is 18.2 Å². The molecule has 0 aliphatic rings. The Hall–Kier alpha value is -1.63. The van der Waals surface area contributed by atoms with Crippen LogP contribution in [0.25, 0.3) is 0 Å². The lowest BCUT2D eigenvalue weighted by Gasteiger charge is -2.03. The van der Waals surface area contributed by atoms with Crippen molar-refractivity contribution >= 4 is 33.7 Å². The summed E-state index contributed by atoms with van der Waals surface area (Å²) < 4.78 is 0.589. The van der Waals surface area contributed by atoms with Crippen LogP contribution in [0.2, 0.25) is 0 Å². The maximum absolute atomic E-state index is 11.1. The van der Waals surface area contributed by atoms with E-state index in [-0.39, 0.29) is 6.54 Å². The number of rotatable bonds is 3. The van der Waals surface area contributed by atoms with Gasteiger partial charge in [0.1, 0.15) is 17.0 Å². The monoisotopic (exact) mass is 273 g/mol. The van der Waals surface area contributed by atoms with Crippen molar-refractivity contribution in [3.05, 3.63) is 22.8 Å². The molecule has 1 heterocycles. The zero-order valence-corrected chi connectivity index (χ0v) is 9.11. The van der Waals surface area contributed by atoms with E-state index >= 15 is 0 Å². The second-order valence-electron chi connectivity index (χ2n) is 2.55. The van der Waals surface area contributed by atoms with Crippen LogP contribution in [-0.2, 0) is 4.79 Å². The molecule has 7 heteroatoms. The van der Waals surface area contributed by atoms with E-state index in [4.69, 9.17) is 5.11 Å². The van der Waals surface area contributed by atoms with Crippen molar-refractivity contribution in [1.82, 2.24) is 10.3 Å². The second-order valence-corrected chi connectivity index (χ2v) is 3.36. The van der Waals surface area contributed by atoms with Crippen LogP contribution in [0.3, 0.4) is 0 Å². The second kappa shape index (κ2) is 5.30. The first-order valence-corrected chi connectivity index (χ1v) is 4.76. The Morgan fingerprint density at radius 3 is 2.80 bits per heavy atom. The van der Waals surface area contributed by atoms with E-state index in [1.807, 2.05) is 5.32 Å². The zero-order chi connectivity index (χ0) is 11.3. The SMILES string of the molecule is O=C(O)NCC(=O)Nc1cccc(Br)n1. The smallest absolute Gasteiger partial charge is 0.405 e. The molecule has 1 aromatic heterocycles. The summed E-state index contributed by atoms with van der Waals surface area (Å²) in [6.45, 7) is -0.302. The van der Waals surface area contributed by atoms with Gasteiger partial charge >= 0.3 is 6.09 Å². The first-order chi connectivity index (χ1) is 7.08. The fourth-order valence-corrected chi connectivity index (χ4v) is 1.16. The molecule has 0 aromatic carbocycles. The molecule has 0 spiro atoms. The van der Waals surface area contributed by atoms with Gasteiger partial charge < -0.3 is 15.7 Å². The molecule has 0 aliphatic carbocycles. The lowest BCUT2D eigenvalue weighted by molar-refractivity contribution is -0.115. The number of hydrogen-bond acceptors (Lipinski definition) is 3. The van der Waals surface area contributed by atoms with E-state index < -0.39 is 12.0 Å². The summed E-state index contributed by atoms with van der Waals surface area (Å²) in [5.41, 5.74) is 0. The number of nitrogens with zero attached hydrogens (tertiary/aromatic N) is 1. The van der Waals surface area contributed by atoms with Gasteiger partial charge in [0.2, 0.25) is 5.91 Å². The Balaban J connectivity index is 2.48. The molecule has 3 N–H and O–H groups in total. The standard InChI is InChI=1S/C8H8BrN3O3/c9-5-2-1-3-6(11-5)12-7(13)4-10-8(14)15/h1-3,10H,4H2,(H,14,15)(H,11,12,13). The molecule has 0 atom stereocenters. The van der Waals surface area contributed by atoms with E-state index in [9.17, 15) is 9.59 Å². The molecule has 0 unspecified atom stereocenters. The van der Waals surface area contributed by atoms with Crippen molar-refractivity contribution in [1.29, 1.82) is 0 Å². The van der Waals surface area contributed by atoms with Crippen LogP contribution in [0.4, 0.5) is 10.6 Å². The Morgan fingerprint density at radius 1 is 1.47 bits per heavy atom. The highest BCUT2D eigenvalue weighted by atomic mass is 79.9. The molecule has 6 nitrogen and oxygen atoms in total. The number of hydrogen-bond donors (Lipinski definition) is 3. The van der Waals surface area contributed by atoms with Gasteiger partial charge in [-0.2, -0.15) is 0 Å². The first-order valence-electron chi connectivity index (χ1n) is 3.97. The number of anilines is 1. The molecule has 0 fully saturated rings. The summed E-state index contributed by atoms with van der Waals surface area (Å²) >= 11 is 3.14. The molecular formula is C8H8BrN3O3. The molecule has 0 radical (unpaired) electrons. The van der Waals surface area contributed by atoms with E-state index in [2.05, 4.69) is 26.2 Å². The van der Waals surface area contributed by atoms with Gasteiger partial charge in [-0.3, -0.25) is 4.79 Å². The maximum Gasteiger partial charge on any atom is 0.405 e. The van der Waals surface area contributed by atoms with Crippen molar-refractivity contribution < 1.29 is 14.7 Å². The van der Waals surface area contributed by atoms with Gasteiger partial charge in [-0.25, -0.2) is 9.78 Å². The van der Waals surface area contributed by atoms with Crippen LogP contribution in [0.15, 0.2) is 22.8 Å². The van der Waals surface area contributed by atoms with Gasteiger partial charge in [0.05, 0.1) is 0 Å². The number of carbonyl (C=O) groups excluding carboxylic acids is 1. The number of carbonyl (C=O) groups is 2. The number of amides is 2. The summed E-state index contributed by atoms with van der Waals surface area (Å²) in [7, 11) is 0. The minimum atomic E-state index is -1.24. The van der Waals surface area contributed by atoms with Crippen LogP contribution >= 0.6 is 15.9 Å². The number of halogens is 1. The zero-order valence-electron chi connectivity index (χ0n) is 7.53. The lowest BCUT2D eigenvalue weighted by atomic mass is 10.4. The van der Waals surface area contributed by atoms with Gasteiger partial charge in [-0.05, 0) is 28.1 Å². The lowest BCUT2D eigenvalue weighted by Crippen LogP contribution is -2.31. The quantitative estimate of drug-likeness (QED) is 0.718. The largest absolute Gasteiger partial charge is 0.465 e. The molecule has 15 heavy (non-hydrogen) atoms. The third-order valence-electron chi connectivity index (χ3n) is 1.38. The van der Waals surface area contributed by atoms with Gasteiger partial charge in [-0.15, -0.1) is 0 Å². The number of aromatic nitrogens is 1. The fourth-order valence-electron chi connectivity index (χ4n) is 0.821. The molecule has 2 amide bonds. The molecule has 1 aromatic rings. The van der Waals surface area contributed by atoms with Crippen molar-refractivity contribution in [3.63, 3.8) is 0 Å². The summed E-state index contributed by atoms with van der Waals surface area (Å²) in [5.74, 6) is -0.107. The van der Waals surface area contributed by atoms with E-state index in [0.29, 0.717) is 10.4 Å². The van der Waals surface area contributed by atoms with Crippen molar-refractivity contribution in [2.24, 2.45) is 0 Å². The summed E-state index contributed by atoms with van der Waals surface area (Å²) in [6, 6.07) is 5.02. The van der Waals surface area contributed by atoms with Gasteiger partial charge in [-0.1, -0.05) is 6.07 Å². The highest BCUT2D eigenvalue weighted by molar-refractivity contribution is 9.10. The first kappa shape index (κ1) is 11.4. The average molecular weight is 274 g/mol. The normalized spacial score (nSPS) is 9.40. The fraction of sp³-hybridized carbons (Fsp3) is 0.125. The van der Waals surface area contributed by atoms with Crippen LogP contribution in [0.5, 0.6) is 0 Å². The van der Waals surface area contributed by atoms with Crippen LogP contribution in [-0.4, -0.2) is 28.6 Å². The number of pyridine rings is 1. The minimum Gasteiger partial charge on any atom is -0.465 e. The Morgan fingerprint density at radius 2 is 2.20 bits per heavy atom. The van der Waals surface area contributed by atoms with Crippen LogP contribution < -0.4 is 10.6 Å². The Bertz CT molecular complexity index is 383. The van der Waals surface area contributed by atoms with Crippen molar-refractivity contribution in [3.8, 4) is 0 Å². The van der Waals surface area contributed by atoms with Crippen LogP contribution in [0.1, 0.15) is 0 Å². The van der Waals surface area contributed by atoms with E-state index in [0.717, 1.165) is 0 Å². The predicted octanol–water partition coefficient (Wildman–Crippen LogP) is 1.05. The van der Waals surface area contributed by atoms with Crippen molar-refractivity contribution in [2.75, 3.05) is 11.9 Å². The van der Waals surface area contributed by atoms with Gasteiger partial charge in [0, 0.05) is 0 Å². The molecule has 1 rings (SSSR count). The molecule has 0 saturated carbocycles. The highest BCUT2D eigenvalue weighted by Gasteiger charge is 2.04. The Labute approximate surface area is 93.8 Å². The molecule has 80 valence electrons. The molecule has 0 bridgehead atoms. The third-order valence-corrected chi connectivity index (χ3v) is 1.82. The van der Waals surface area contributed by atoms with E-state index in [1.165, 1.54) is 0 Å². The average Bonchev–Trinajstić information content (AvgIpc) is 2.15. The van der Waals surface area contributed by atoms with Crippen molar-refractivity contribution in [2.45, 2.75) is 0 Å². The summed E-state index contributed by atoms with van der Waals surface area (Å²) in [5, 5.41) is 12.6. The highest BCUT2D eigenvalue weighted by Crippen LogP contribution is 2.09. The van der Waals surface area contributed by atoms with Crippen LogP contribution in [0, 0.1) is 0 Å². The topological polar surface area (TPSA) is 91.3 Å². The maximum atomic E-state index is 11.1. The predicted molar refractivity (Wildman–Crippen MR) is 56.6 cm³/mol. The van der Waals surface area contributed by atoms with Gasteiger partial charge in [0.15, 0.2) is 0 Å².